The van der Waals surface area contributed by atoms with E-state index in [-0.39, 0.29) is 24.8 Å². The molecule has 0 atom stereocenters. The van der Waals surface area contributed by atoms with E-state index in [1.165, 1.54) is 89.9 Å². The van der Waals surface area contributed by atoms with Gasteiger partial charge in [-0.2, -0.15) is 0 Å². The summed E-state index contributed by atoms with van der Waals surface area (Å²) in [5, 5.41) is 0. The molecular formula is C52H68N2O6. The Kier molecular flexibility index (Phi) is 23.6. The van der Waals surface area contributed by atoms with Crippen LogP contribution in [0.3, 0.4) is 0 Å². The summed E-state index contributed by atoms with van der Waals surface area (Å²) in [6.45, 7) is 5.99. The minimum Gasteiger partial charge on any atom is -0.494 e. The highest BCUT2D eigenvalue weighted by atomic mass is 16.5. The fourth-order valence-corrected chi connectivity index (χ4v) is 6.55. The lowest BCUT2D eigenvalue weighted by Crippen LogP contribution is -2.10. The molecule has 0 amide bonds. The van der Waals surface area contributed by atoms with Gasteiger partial charge in [0, 0.05) is 25.3 Å². The molecule has 0 aliphatic rings. The smallest absolute Gasteiger partial charge is 0.311 e. The van der Waals surface area contributed by atoms with Crippen LogP contribution < -0.4 is 18.9 Å². The van der Waals surface area contributed by atoms with Crippen LogP contribution in [0, 0.1) is 0 Å². The summed E-state index contributed by atoms with van der Waals surface area (Å²) in [7, 11) is 0. The van der Waals surface area contributed by atoms with E-state index in [0.29, 0.717) is 24.3 Å². The van der Waals surface area contributed by atoms with E-state index in [2.05, 4.69) is 23.8 Å². The van der Waals surface area contributed by atoms with E-state index < -0.39 is 0 Å². The van der Waals surface area contributed by atoms with Gasteiger partial charge in [0.05, 0.1) is 24.6 Å². The van der Waals surface area contributed by atoms with Crippen molar-refractivity contribution in [1.82, 2.24) is 0 Å². The molecule has 0 saturated heterocycles. The summed E-state index contributed by atoms with van der Waals surface area (Å²) >= 11 is 0. The third kappa shape index (κ3) is 21.1. The Morgan fingerprint density at radius 1 is 0.400 bits per heavy atom. The summed E-state index contributed by atoms with van der Waals surface area (Å²) < 4.78 is 22.8. The van der Waals surface area contributed by atoms with Crippen molar-refractivity contribution >= 4 is 35.7 Å². The van der Waals surface area contributed by atoms with Crippen molar-refractivity contribution in [2.45, 2.75) is 142 Å². The zero-order chi connectivity index (χ0) is 42.3. The third-order valence-electron chi connectivity index (χ3n) is 10.2. The van der Waals surface area contributed by atoms with Gasteiger partial charge in [-0.25, -0.2) is 0 Å². The summed E-state index contributed by atoms with van der Waals surface area (Å²) in [5.74, 6) is 1.96. The maximum absolute atomic E-state index is 12.4. The lowest BCUT2D eigenvalue weighted by molar-refractivity contribution is -0.136. The Hall–Kier alpha value is -5.24. The second-order valence-corrected chi connectivity index (χ2v) is 15.4. The maximum atomic E-state index is 12.4. The Morgan fingerprint density at radius 2 is 0.717 bits per heavy atom. The van der Waals surface area contributed by atoms with E-state index in [9.17, 15) is 9.59 Å². The summed E-state index contributed by atoms with van der Waals surface area (Å²) in [6, 6.07) is 30.0. The molecular weight excluding hydrogens is 749 g/mol. The quantitative estimate of drug-likeness (QED) is 0.0217. The molecule has 8 heteroatoms. The second-order valence-electron chi connectivity index (χ2n) is 15.4. The molecule has 60 heavy (non-hydrogen) atoms. The predicted molar refractivity (Wildman–Crippen MR) is 246 cm³/mol. The van der Waals surface area contributed by atoms with Crippen molar-refractivity contribution in [3.63, 3.8) is 0 Å². The normalized spacial score (nSPS) is 11.3. The third-order valence-corrected chi connectivity index (χ3v) is 10.2. The number of rotatable bonds is 31. The minimum atomic E-state index is -0.348. The van der Waals surface area contributed by atoms with Gasteiger partial charge in [0.15, 0.2) is 0 Å². The van der Waals surface area contributed by atoms with Gasteiger partial charge < -0.3 is 18.9 Å². The van der Waals surface area contributed by atoms with Crippen molar-refractivity contribution in [2.75, 3.05) is 13.2 Å². The van der Waals surface area contributed by atoms with Crippen molar-refractivity contribution < 1.29 is 28.5 Å². The van der Waals surface area contributed by atoms with E-state index in [1.54, 1.807) is 36.7 Å². The number of ether oxygens (including phenoxy) is 4. The van der Waals surface area contributed by atoms with Gasteiger partial charge in [0.2, 0.25) is 0 Å². The number of nitrogens with zero attached hydrogens (tertiary/aromatic N) is 2. The van der Waals surface area contributed by atoms with Crippen LogP contribution in [0.4, 0.5) is 11.4 Å². The van der Waals surface area contributed by atoms with Crippen LogP contribution in [0.5, 0.6) is 23.0 Å². The molecule has 0 aliphatic carbocycles. The number of carbonyl (C=O) groups excluding carboxylic acids is 2. The van der Waals surface area contributed by atoms with E-state index in [0.717, 1.165) is 60.1 Å². The van der Waals surface area contributed by atoms with Gasteiger partial charge in [0.25, 0.3) is 0 Å². The van der Waals surface area contributed by atoms with Crippen LogP contribution in [-0.4, -0.2) is 37.6 Å². The SMILES string of the molecule is CCCCCCCCCCOc1ccc(C=Nc2ccc(OC(=O)CCCCC(=O)Oc3ccc(N=Cc4ccc(OCCCCCCCCCC)cc4)cc3)cc2)cc1. The zero-order valence-corrected chi connectivity index (χ0v) is 36.3. The first kappa shape index (κ1) is 47.4. The number of aliphatic imine (C=N–C) groups is 2. The van der Waals surface area contributed by atoms with Gasteiger partial charge in [-0.3, -0.25) is 19.6 Å². The molecule has 0 unspecified atom stereocenters. The van der Waals surface area contributed by atoms with Crippen molar-refractivity contribution in [1.29, 1.82) is 0 Å². The van der Waals surface area contributed by atoms with Gasteiger partial charge in [-0.1, -0.05) is 104 Å². The Bertz CT molecular complexity index is 1670. The molecule has 0 aromatic heterocycles. The maximum Gasteiger partial charge on any atom is 0.311 e. The van der Waals surface area contributed by atoms with Crippen LogP contribution in [0.2, 0.25) is 0 Å². The molecule has 0 spiro atoms. The van der Waals surface area contributed by atoms with E-state index >= 15 is 0 Å². The fraction of sp³-hybridized carbons (Fsp3) is 0.462. The average molecular weight is 817 g/mol. The molecule has 322 valence electrons. The number of carbonyl (C=O) groups is 2. The lowest BCUT2D eigenvalue weighted by atomic mass is 10.1. The highest BCUT2D eigenvalue weighted by Crippen LogP contribution is 2.22. The molecule has 0 fully saturated rings. The number of esters is 2. The number of hydrogen-bond acceptors (Lipinski definition) is 8. The van der Waals surface area contributed by atoms with Crippen LogP contribution in [-0.2, 0) is 9.59 Å². The van der Waals surface area contributed by atoms with Gasteiger partial charge in [-0.05, 0) is 134 Å². The molecule has 0 radical (unpaired) electrons. The van der Waals surface area contributed by atoms with E-state index in [1.807, 2.05) is 72.8 Å². The van der Waals surface area contributed by atoms with Gasteiger partial charge >= 0.3 is 11.9 Å². The lowest BCUT2D eigenvalue weighted by Gasteiger charge is -2.07. The fourth-order valence-electron chi connectivity index (χ4n) is 6.55. The summed E-state index contributed by atoms with van der Waals surface area (Å²) in [4.78, 5) is 33.9. The van der Waals surface area contributed by atoms with Crippen molar-refractivity contribution in [3.05, 3.63) is 108 Å². The Balaban J connectivity index is 1.03. The standard InChI is InChI=1S/C52H68N2O6/c1-3-5-7-9-11-13-15-19-39-57-47-31-23-43(24-32-47)41-53-45-27-35-49(36-28-45)59-51(55)21-17-18-22-52(56)60-50-37-29-46(30-38-50)54-42-44-25-33-48(34-26-44)58-40-20-16-14-12-10-8-6-4-2/h23-38,41-42H,3-22,39-40H2,1-2H3. The number of unbranched alkanes of at least 4 members (excludes halogenated alkanes) is 15. The molecule has 0 saturated carbocycles. The van der Waals surface area contributed by atoms with Crippen molar-refractivity contribution in [3.8, 4) is 23.0 Å². The second kappa shape index (κ2) is 29.9. The Morgan fingerprint density at radius 3 is 1.07 bits per heavy atom. The van der Waals surface area contributed by atoms with Crippen LogP contribution in [0.15, 0.2) is 107 Å². The Labute approximate surface area is 359 Å². The first-order valence-electron chi connectivity index (χ1n) is 22.7. The average Bonchev–Trinajstić information content (AvgIpc) is 3.27. The minimum absolute atomic E-state index is 0.202. The van der Waals surface area contributed by atoms with Crippen molar-refractivity contribution in [2.24, 2.45) is 9.98 Å². The highest BCUT2D eigenvalue weighted by Gasteiger charge is 2.09. The molecule has 4 aromatic carbocycles. The van der Waals surface area contributed by atoms with E-state index in [4.69, 9.17) is 18.9 Å². The molecule has 0 bridgehead atoms. The molecule has 8 nitrogen and oxygen atoms in total. The molecule has 4 rings (SSSR count). The van der Waals surface area contributed by atoms with Gasteiger partial charge in [0.1, 0.15) is 23.0 Å². The largest absolute Gasteiger partial charge is 0.494 e. The molecule has 4 aromatic rings. The monoisotopic (exact) mass is 817 g/mol. The first-order valence-corrected chi connectivity index (χ1v) is 22.7. The predicted octanol–water partition coefficient (Wildman–Crippen LogP) is 14.3. The van der Waals surface area contributed by atoms with Crippen LogP contribution in [0.25, 0.3) is 0 Å². The summed E-state index contributed by atoms with van der Waals surface area (Å²) in [5.41, 5.74) is 3.45. The highest BCUT2D eigenvalue weighted by molar-refractivity contribution is 5.83. The topological polar surface area (TPSA) is 95.8 Å². The zero-order valence-electron chi connectivity index (χ0n) is 36.3. The molecule has 0 aliphatic heterocycles. The number of hydrogen-bond donors (Lipinski definition) is 0. The molecule has 0 heterocycles. The first-order chi connectivity index (χ1) is 29.5. The van der Waals surface area contributed by atoms with Crippen LogP contribution in [0.1, 0.15) is 153 Å². The van der Waals surface area contributed by atoms with Crippen LogP contribution >= 0.6 is 0 Å². The molecule has 0 N–H and O–H groups in total. The van der Waals surface area contributed by atoms with Gasteiger partial charge in [-0.15, -0.1) is 0 Å². The summed E-state index contributed by atoms with van der Waals surface area (Å²) in [6.07, 6.45) is 25.6. The number of benzene rings is 4.